The van der Waals surface area contributed by atoms with Crippen LogP contribution in [0, 0.1) is 10.1 Å². The zero-order valence-electron chi connectivity index (χ0n) is 15.6. The Labute approximate surface area is 171 Å². The fourth-order valence-corrected chi connectivity index (χ4v) is 3.29. The van der Waals surface area contributed by atoms with E-state index in [4.69, 9.17) is 4.74 Å². The summed E-state index contributed by atoms with van der Waals surface area (Å²) in [6.45, 7) is 0. The lowest BCUT2D eigenvalue weighted by Crippen LogP contribution is -2.02. The molecule has 0 amide bonds. The molecule has 1 heterocycles. The molecule has 0 atom stereocenters. The van der Waals surface area contributed by atoms with E-state index >= 15 is 0 Å². The molecule has 0 bridgehead atoms. The number of benzene rings is 3. The van der Waals surface area contributed by atoms with Crippen LogP contribution in [0.15, 0.2) is 96.1 Å². The number of ether oxygens (including phenoxy) is 1. The van der Waals surface area contributed by atoms with Gasteiger partial charge in [-0.3, -0.25) is 10.1 Å². The van der Waals surface area contributed by atoms with Crippen LogP contribution in [0.5, 0.6) is 0 Å². The van der Waals surface area contributed by atoms with Crippen molar-refractivity contribution < 1.29 is 19.2 Å². The van der Waals surface area contributed by atoms with Gasteiger partial charge in [0.05, 0.1) is 16.1 Å². The van der Waals surface area contributed by atoms with Crippen LogP contribution in [0.1, 0.15) is 16.7 Å². The highest BCUT2D eigenvalue weighted by Crippen LogP contribution is 2.36. The Hall–Kier alpha value is -4.32. The fourth-order valence-electron chi connectivity index (χ4n) is 3.29. The predicted octanol–water partition coefficient (Wildman–Crippen LogP) is 4.56. The van der Waals surface area contributed by atoms with Crippen molar-refractivity contribution in [3.8, 4) is 0 Å². The first kappa shape index (κ1) is 19.0. The molecule has 30 heavy (non-hydrogen) atoms. The van der Waals surface area contributed by atoms with E-state index in [0.29, 0.717) is 11.1 Å². The molecule has 0 aromatic heterocycles. The number of hydrogen-bond donors (Lipinski definition) is 0. The molecule has 0 N–H and O–H groups in total. The molecular weight excluding hydrogens is 382 g/mol. The number of nitrogens with zero attached hydrogens (tertiary/aromatic N) is 1. The highest BCUT2D eigenvalue weighted by Gasteiger charge is 2.36. The Morgan fingerprint density at radius 3 is 1.80 bits per heavy atom. The minimum atomic E-state index is -0.752. The molecule has 6 nitrogen and oxygen atoms in total. The van der Waals surface area contributed by atoms with Crippen LogP contribution in [-0.2, 0) is 14.3 Å². The van der Waals surface area contributed by atoms with Gasteiger partial charge in [0, 0.05) is 17.7 Å². The van der Waals surface area contributed by atoms with Crippen molar-refractivity contribution >= 4 is 29.3 Å². The standard InChI is InChI=1S/C24H15NO5/c26-23-20(15-16-11-13-19(14-12-16)25(28)29)22(24(27)30-23)21(17-7-3-1-4-8-17)18-9-5-2-6-10-18/h1-15H/b20-15+. The summed E-state index contributed by atoms with van der Waals surface area (Å²) in [4.78, 5) is 35.5. The first-order chi connectivity index (χ1) is 14.5. The lowest BCUT2D eigenvalue weighted by Gasteiger charge is -2.11. The molecule has 1 fully saturated rings. The number of hydrogen-bond acceptors (Lipinski definition) is 5. The van der Waals surface area contributed by atoms with Crippen LogP contribution >= 0.6 is 0 Å². The molecule has 3 aromatic carbocycles. The van der Waals surface area contributed by atoms with Gasteiger partial charge in [0.25, 0.3) is 5.69 Å². The zero-order valence-corrected chi connectivity index (χ0v) is 15.6. The third-order valence-corrected chi connectivity index (χ3v) is 4.67. The summed E-state index contributed by atoms with van der Waals surface area (Å²) >= 11 is 0. The van der Waals surface area contributed by atoms with Gasteiger partial charge in [0.1, 0.15) is 0 Å². The average Bonchev–Trinajstić information content (AvgIpc) is 3.03. The Morgan fingerprint density at radius 2 is 1.30 bits per heavy atom. The van der Waals surface area contributed by atoms with Crippen molar-refractivity contribution in [2.75, 3.05) is 0 Å². The molecule has 3 aromatic rings. The average molecular weight is 397 g/mol. The van der Waals surface area contributed by atoms with Crippen LogP contribution in [0.4, 0.5) is 5.69 Å². The number of esters is 2. The van der Waals surface area contributed by atoms with E-state index in [9.17, 15) is 19.7 Å². The number of nitro groups is 1. The second-order valence-electron chi connectivity index (χ2n) is 6.57. The van der Waals surface area contributed by atoms with Crippen molar-refractivity contribution in [3.05, 3.63) is 123 Å². The van der Waals surface area contributed by atoms with Gasteiger partial charge in [0.2, 0.25) is 0 Å². The molecule has 0 unspecified atom stereocenters. The van der Waals surface area contributed by atoms with Crippen LogP contribution in [0.3, 0.4) is 0 Å². The monoisotopic (exact) mass is 397 g/mol. The molecule has 146 valence electrons. The highest BCUT2D eigenvalue weighted by molar-refractivity contribution is 6.24. The first-order valence-electron chi connectivity index (χ1n) is 9.13. The first-order valence-corrected chi connectivity index (χ1v) is 9.13. The number of carbonyl (C=O) groups is 2. The molecule has 4 rings (SSSR count). The van der Waals surface area contributed by atoms with Crippen molar-refractivity contribution in [1.29, 1.82) is 0 Å². The van der Waals surface area contributed by atoms with Crippen LogP contribution < -0.4 is 0 Å². The van der Waals surface area contributed by atoms with Crippen LogP contribution in [0.2, 0.25) is 0 Å². The summed E-state index contributed by atoms with van der Waals surface area (Å²) in [5.74, 6) is -1.48. The van der Waals surface area contributed by atoms with Gasteiger partial charge in [-0.05, 0) is 34.9 Å². The lowest BCUT2D eigenvalue weighted by molar-refractivity contribution is -0.384. The van der Waals surface area contributed by atoms with E-state index in [2.05, 4.69) is 0 Å². The Balaban J connectivity index is 1.93. The van der Waals surface area contributed by atoms with Crippen molar-refractivity contribution in [2.24, 2.45) is 0 Å². The quantitative estimate of drug-likeness (QED) is 0.212. The summed E-state index contributed by atoms with van der Waals surface area (Å²) in [6, 6.07) is 24.3. The van der Waals surface area contributed by atoms with Crippen LogP contribution in [-0.4, -0.2) is 16.9 Å². The third kappa shape index (κ3) is 3.66. The minimum Gasteiger partial charge on any atom is -0.386 e. The van der Waals surface area contributed by atoms with E-state index < -0.39 is 16.9 Å². The van der Waals surface area contributed by atoms with E-state index in [1.807, 2.05) is 60.7 Å². The lowest BCUT2D eigenvalue weighted by atomic mass is 9.89. The third-order valence-electron chi connectivity index (χ3n) is 4.67. The second-order valence-corrected chi connectivity index (χ2v) is 6.57. The van der Waals surface area contributed by atoms with Crippen LogP contribution in [0.25, 0.3) is 11.6 Å². The summed E-state index contributed by atoms with van der Waals surface area (Å²) < 4.78 is 4.93. The summed E-state index contributed by atoms with van der Waals surface area (Å²) in [5.41, 5.74) is 2.86. The maximum atomic E-state index is 12.7. The van der Waals surface area contributed by atoms with Gasteiger partial charge < -0.3 is 4.74 Å². The van der Waals surface area contributed by atoms with Crippen molar-refractivity contribution in [3.63, 3.8) is 0 Å². The van der Waals surface area contributed by atoms with Gasteiger partial charge in [-0.15, -0.1) is 0 Å². The summed E-state index contributed by atoms with van der Waals surface area (Å²) in [5, 5.41) is 10.9. The van der Waals surface area contributed by atoms with Gasteiger partial charge in [-0.2, -0.15) is 0 Å². The molecule has 1 saturated heterocycles. The second kappa shape index (κ2) is 7.97. The maximum absolute atomic E-state index is 12.7. The Bertz CT molecular complexity index is 1150. The van der Waals surface area contributed by atoms with Crippen molar-refractivity contribution in [2.45, 2.75) is 0 Å². The highest BCUT2D eigenvalue weighted by atomic mass is 16.6. The SMILES string of the molecule is O=C1OC(=O)/C(=C/c2ccc([N+](=O)[O-])cc2)C1=C(c1ccccc1)c1ccccc1. The molecular formula is C24H15NO5. The zero-order chi connectivity index (χ0) is 21.1. The smallest absolute Gasteiger partial charge is 0.347 e. The molecule has 1 aliphatic heterocycles. The number of nitro benzene ring substituents is 1. The molecule has 0 aliphatic carbocycles. The van der Waals surface area contributed by atoms with E-state index in [-0.39, 0.29) is 16.8 Å². The molecule has 0 spiro atoms. The van der Waals surface area contributed by atoms with E-state index in [1.54, 1.807) is 0 Å². The molecule has 0 saturated carbocycles. The Kier molecular flexibility index (Phi) is 5.05. The van der Waals surface area contributed by atoms with Gasteiger partial charge >= 0.3 is 11.9 Å². The largest absolute Gasteiger partial charge is 0.386 e. The minimum absolute atomic E-state index is 0.0627. The predicted molar refractivity (Wildman–Crippen MR) is 111 cm³/mol. The number of rotatable bonds is 4. The normalized spacial score (nSPS) is 14.7. The van der Waals surface area contributed by atoms with E-state index in [0.717, 1.165) is 11.1 Å². The van der Waals surface area contributed by atoms with Gasteiger partial charge in [-0.25, -0.2) is 9.59 Å². The molecule has 1 aliphatic rings. The number of cyclic esters (lactones) is 2. The van der Waals surface area contributed by atoms with Gasteiger partial charge in [0.15, 0.2) is 0 Å². The van der Waals surface area contributed by atoms with Crippen molar-refractivity contribution in [1.82, 2.24) is 0 Å². The van der Waals surface area contributed by atoms with Gasteiger partial charge in [-0.1, -0.05) is 60.7 Å². The number of carbonyl (C=O) groups excluding carboxylic acids is 2. The fraction of sp³-hybridized carbons (Fsp3) is 0. The van der Waals surface area contributed by atoms with E-state index in [1.165, 1.54) is 30.3 Å². The molecule has 0 radical (unpaired) electrons. The number of non-ortho nitro benzene ring substituents is 1. The Morgan fingerprint density at radius 1 is 0.767 bits per heavy atom. The summed E-state index contributed by atoms with van der Waals surface area (Å²) in [6.07, 6.45) is 1.51. The summed E-state index contributed by atoms with van der Waals surface area (Å²) in [7, 11) is 0. The maximum Gasteiger partial charge on any atom is 0.347 e. The molecule has 6 heteroatoms. The topological polar surface area (TPSA) is 86.5 Å².